The van der Waals surface area contributed by atoms with E-state index in [4.69, 9.17) is 0 Å². The smallest absolute Gasteiger partial charge is 0.445 e. The molecule has 0 saturated carbocycles. The first kappa shape index (κ1) is 26.3. The Morgan fingerprint density at radius 3 is 1.65 bits per heavy atom. The summed E-state index contributed by atoms with van der Waals surface area (Å²) in [6.07, 6.45) is -0.313. The molecule has 0 N–H and O–H groups in total. The Labute approximate surface area is 171 Å². The molecule has 7 nitrogen and oxygen atoms in total. The number of unbranched alkanes of at least 4 members (excludes halogenated alkanes) is 1. The molecule has 0 aliphatic carbocycles. The second kappa shape index (κ2) is 8.61. The molecular weight excluding hydrogens is 429 g/mol. The molecule has 0 fully saturated rings. The van der Waals surface area contributed by atoms with Gasteiger partial charge in [0.15, 0.2) is 10.0 Å². The normalized spacial score (nSPS) is 16.3. The van der Waals surface area contributed by atoms with Crippen LogP contribution in [-0.4, -0.2) is 37.8 Å². The Hall–Kier alpha value is 1.03. The van der Waals surface area contributed by atoms with E-state index in [1.807, 2.05) is 0 Å². The predicted octanol–water partition coefficient (Wildman–Crippen LogP) is -0.754. The van der Waals surface area contributed by atoms with Crippen molar-refractivity contribution in [3.63, 3.8) is 0 Å². The van der Waals surface area contributed by atoms with Gasteiger partial charge in [0.25, 0.3) is 0 Å². The summed E-state index contributed by atoms with van der Waals surface area (Å²) < 4.78 is 131. The van der Waals surface area contributed by atoms with Crippen LogP contribution in [0, 0.1) is 0 Å². The summed E-state index contributed by atoms with van der Waals surface area (Å²) in [6.45, 7) is 1.37. The van der Waals surface area contributed by atoms with Crippen LogP contribution < -0.4 is 51.4 Å². The van der Waals surface area contributed by atoms with Crippen LogP contribution in [-0.2, 0) is 30.0 Å². The molecule has 0 radical (unpaired) electrons. The molecule has 0 aromatic carbocycles. The summed E-state index contributed by atoms with van der Waals surface area (Å²) >= 11 is 0. The first-order chi connectivity index (χ1) is 9.47. The standard InChI is InChI=1S/C6H9F6N2O5S3.K/c1-2-3-4-20(15,13-21(16,17)5(7,8)9)14-22(18,19)6(10,11)12;/h2-4H2,1H3;/q-1;+1. The Balaban J connectivity index is 0. The molecule has 0 spiro atoms. The third kappa shape index (κ3) is 7.84. The van der Waals surface area contributed by atoms with Crippen LogP contribution in [0.15, 0.2) is 3.77 Å². The zero-order valence-corrected chi connectivity index (χ0v) is 17.1. The number of halogens is 6. The molecule has 0 saturated heterocycles. The van der Waals surface area contributed by atoms with Crippen molar-refractivity contribution in [1.82, 2.24) is 0 Å². The van der Waals surface area contributed by atoms with Crippen molar-refractivity contribution in [1.29, 1.82) is 0 Å². The first-order valence-corrected chi connectivity index (χ1v) is 9.62. The fourth-order valence-corrected chi connectivity index (χ4v) is 5.56. The summed E-state index contributed by atoms with van der Waals surface area (Å²) in [5, 5.41) is 0. The van der Waals surface area contributed by atoms with Gasteiger partial charge in [-0.25, -0.2) is 8.42 Å². The van der Waals surface area contributed by atoms with Crippen molar-refractivity contribution >= 4 is 30.0 Å². The van der Waals surface area contributed by atoms with Gasteiger partial charge in [-0.05, 0) is 16.3 Å². The predicted molar refractivity (Wildman–Crippen MR) is 63.7 cm³/mol. The van der Waals surface area contributed by atoms with Gasteiger partial charge in [0.1, 0.15) is 0 Å². The van der Waals surface area contributed by atoms with Gasteiger partial charge in [0.2, 0.25) is 0 Å². The second-order valence-corrected chi connectivity index (χ2v) is 9.30. The van der Waals surface area contributed by atoms with Crippen LogP contribution in [0.25, 0.3) is 4.13 Å². The monoisotopic (exact) mass is 438 g/mol. The van der Waals surface area contributed by atoms with E-state index in [0.29, 0.717) is 0 Å². The van der Waals surface area contributed by atoms with Gasteiger partial charge in [0, 0.05) is 5.75 Å². The third-order valence-electron chi connectivity index (χ3n) is 1.78. The molecule has 0 heterocycles. The van der Waals surface area contributed by atoms with E-state index in [2.05, 4.69) is 0 Å². The largest absolute Gasteiger partial charge is 1.00 e. The van der Waals surface area contributed by atoms with Crippen LogP contribution in [0.1, 0.15) is 19.8 Å². The van der Waals surface area contributed by atoms with Crippen LogP contribution in [0.4, 0.5) is 26.3 Å². The van der Waals surface area contributed by atoms with Crippen LogP contribution >= 0.6 is 0 Å². The molecule has 23 heavy (non-hydrogen) atoms. The minimum atomic E-state index is -6.48. The number of nitrogens with zero attached hydrogens (tertiary/aromatic N) is 2. The summed E-state index contributed by atoms with van der Waals surface area (Å²) in [7, 11) is -18.2. The van der Waals surface area contributed by atoms with Crippen molar-refractivity contribution in [2.24, 2.45) is 3.77 Å². The van der Waals surface area contributed by atoms with E-state index in [1.54, 1.807) is 7.90 Å². The van der Waals surface area contributed by atoms with Crippen molar-refractivity contribution in [2.45, 2.75) is 30.8 Å². The Morgan fingerprint density at radius 2 is 1.35 bits per heavy atom. The molecule has 0 aromatic heterocycles. The number of sulfonamides is 2. The van der Waals surface area contributed by atoms with Gasteiger partial charge in [-0.15, -0.1) is 3.77 Å². The Morgan fingerprint density at radius 1 is 0.913 bits per heavy atom. The van der Waals surface area contributed by atoms with Gasteiger partial charge < -0.3 is 4.13 Å². The second-order valence-electron chi connectivity index (χ2n) is 3.66. The molecule has 1 atom stereocenters. The molecule has 1 unspecified atom stereocenters. The quantitative estimate of drug-likeness (QED) is 0.400. The van der Waals surface area contributed by atoms with Crippen molar-refractivity contribution in [3.05, 3.63) is 4.13 Å². The average molecular weight is 438 g/mol. The number of hydrogen-bond acceptors (Lipinski definition) is 5. The van der Waals surface area contributed by atoms with E-state index in [-0.39, 0.29) is 64.2 Å². The van der Waals surface area contributed by atoms with Crippen molar-refractivity contribution in [2.75, 3.05) is 5.75 Å². The number of hydrogen-bond donors (Lipinski definition) is 0. The third-order valence-corrected chi connectivity index (χ3v) is 7.20. The summed E-state index contributed by atoms with van der Waals surface area (Å²) in [4.78, 5) is 0. The minimum Gasteiger partial charge on any atom is -0.445 e. The summed E-state index contributed by atoms with van der Waals surface area (Å²) in [5.41, 5.74) is -12.1. The van der Waals surface area contributed by atoms with E-state index in [1.165, 1.54) is 6.92 Å². The van der Waals surface area contributed by atoms with E-state index >= 15 is 0 Å². The van der Waals surface area contributed by atoms with E-state index in [0.717, 1.165) is 0 Å². The van der Waals surface area contributed by atoms with E-state index in [9.17, 15) is 47.4 Å². The van der Waals surface area contributed by atoms with E-state index < -0.39 is 46.7 Å². The summed E-state index contributed by atoms with van der Waals surface area (Å²) in [6, 6.07) is 0. The number of rotatable bonds is 6. The summed E-state index contributed by atoms with van der Waals surface area (Å²) in [5.74, 6) is -1.20. The maximum Gasteiger partial charge on any atom is 1.00 e. The van der Waals surface area contributed by atoms with Gasteiger partial charge >= 0.3 is 72.4 Å². The molecule has 0 amide bonds. The first-order valence-electron chi connectivity index (χ1n) is 5.10. The maximum absolute atomic E-state index is 12.1. The molecular formula is C6H9F6KN2O5S3. The Bertz CT molecular complexity index is 719. The minimum absolute atomic E-state index is 0. The van der Waals surface area contributed by atoms with Gasteiger partial charge in [-0.3, -0.25) is 4.21 Å². The molecule has 134 valence electrons. The SMILES string of the molecule is CCCCS(=O)(=NS(=O)(=O)C(F)(F)F)[N-]S(=O)(=O)C(F)(F)F.[K+]. The molecule has 0 aliphatic rings. The van der Waals surface area contributed by atoms with Gasteiger partial charge in [-0.2, -0.15) is 34.8 Å². The number of alkyl halides is 6. The van der Waals surface area contributed by atoms with Crippen LogP contribution in [0.5, 0.6) is 0 Å². The zero-order chi connectivity index (χ0) is 18.0. The van der Waals surface area contributed by atoms with Gasteiger partial charge in [0.05, 0.1) is 0 Å². The van der Waals surface area contributed by atoms with Crippen LogP contribution in [0.3, 0.4) is 0 Å². The van der Waals surface area contributed by atoms with Crippen LogP contribution in [0.2, 0.25) is 0 Å². The maximum atomic E-state index is 12.1. The fourth-order valence-electron chi connectivity index (χ4n) is 0.812. The molecule has 0 aliphatic heterocycles. The Kier molecular flexibility index (Phi) is 9.83. The fraction of sp³-hybridized carbons (Fsp3) is 1.00. The van der Waals surface area contributed by atoms with Gasteiger partial charge in [-0.1, -0.05) is 13.3 Å². The topological polar surface area (TPSA) is 112 Å². The van der Waals surface area contributed by atoms with Crippen molar-refractivity contribution < 1.29 is 98.8 Å². The zero-order valence-electron chi connectivity index (χ0n) is 11.5. The van der Waals surface area contributed by atoms with Crippen molar-refractivity contribution in [3.8, 4) is 0 Å². The average Bonchev–Trinajstić information content (AvgIpc) is 2.21. The molecule has 0 bridgehead atoms. The molecule has 17 heteroatoms. The molecule has 0 rings (SSSR count). The molecule has 0 aromatic rings.